The molecule has 0 aliphatic rings. The van der Waals surface area contributed by atoms with Crippen LogP contribution in [0.3, 0.4) is 0 Å². The summed E-state index contributed by atoms with van der Waals surface area (Å²) >= 11 is 1.40. The number of nitrogens with one attached hydrogen (secondary N) is 3. The maximum Gasteiger partial charge on any atom is 0.374 e. The van der Waals surface area contributed by atoms with E-state index in [0.717, 1.165) is 27.0 Å². The zero-order valence-electron chi connectivity index (χ0n) is 16.6. The van der Waals surface area contributed by atoms with Crippen molar-refractivity contribution in [2.24, 2.45) is 5.73 Å². The fraction of sp³-hybridized carbons (Fsp3) is 0.263. The lowest BCUT2D eigenvalue weighted by molar-refractivity contribution is 0.0512. The molecule has 0 aliphatic heterocycles. The number of ether oxygens (including phenoxy) is 1. The van der Waals surface area contributed by atoms with Crippen molar-refractivity contribution >= 4 is 51.0 Å². The van der Waals surface area contributed by atoms with Crippen molar-refractivity contribution in [1.29, 1.82) is 0 Å². The molecule has 3 heterocycles. The van der Waals surface area contributed by atoms with E-state index in [1.807, 2.05) is 32.0 Å². The maximum absolute atomic E-state index is 11.8. The Hall–Kier alpha value is -2.95. The molecule has 5 N–H and O–H groups in total. The number of carbonyl (C=O) groups is 1. The zero-order chi connectivity index (χ0) is 21.1. The van der Waals surface area contributed by atoms with Crippen LogP contribution >= 0.6 is 23.7 Å². The molecule has 3 aromatic heterocycles. The number of rotatable bonds is 3. The molecule has 0 fully saturated rings. The van der Waals surface area contributed by atoms with E-state index in [1.54, 1.807) is 6.92 Å². The van der Waals surface area contributed by atoms with E-state index in [4.69, 9.17) is 10.5 Å². The number of fused-ring (bicyclic) bond motifs is 2. The molecule has 0 atom stereocenters. The van der Waals surface area contributed by atoms with E-state index >= 15 is 0 Å². The van der Waals surface area contributed by atoms with Gasteiger partial charge in [0.15, 0.2) is 0 Å². The van der Waals surface area contributed by atoms with Gasteiger partial charge in [-0.25, -0.2) is 14.6 Å². The highest BCUT2D eigenvalue weighted by Crippen LogP contribution is 2.25. The van der Waals surface area contributed by atoms with Gasteiger partial charge >= 0.3 is 11.7 Å². The van der Waals surface area contributed by atoms with Crippen LogP contribution in [0.2, 0.25) is 0 Å². The lowest BCUT2D eigenvalue weighted by atomic mass is 10.2. The van der Waals surface area contributed by atoms with Crippen LogP contribution < -0.4 is 17.0 Å². The van der Waals surface area contributed by atoms with Gasteiger partial charge < -0.3 is 25.4 Å². The van der Waals surface area contributed by atoms with Gasteiger partial charge in [0.05, 0.1) is 23.0 Å². The van der Waals surface area contributed by atoms with Gasteiger partial charge in [0.1, 0.15) is 4.83 Å². The number of aromatic nitrogens is 4. The number of aryl methyl sites for hydroxylation is 2. The van der Waals surface area contributed by atoms with E-state index in [9.17, 15) is 14.4 Å². The summed E-state index contributed by atoms with van der Waals surface area (Å²) in [6, 6.07) is 5.61. The molecule has 0 aliphatic carbocycles. The molecule has 0 amide bonds. The van der Waals surface area contributed by atoms with Gasteiger partial charge in [-0.1, -0.05) is 6.07 Å². The molecule has 0 saturated carbocycles. The van der Waals surface area contributed by atoms with Crippen LogP contribution in [0.25, 0.3) is 21.3 Å². The fourth-order valence-electron chi connectivity index (χ4n) is 2.76. The molecule has 9 nitrogen and oxygen atoms in total. The lowest BCUT2D eigenvalue weighted by Gasteiger charge is -2.00. The molecule has 0 bridgehead atoms. The van der Waals surface area contributed by atoms with Crippen molar-refractivity contribution < 1.29 is 9.53 Å². The molecule has 4 rings (SSSR count). The molecule has 1 aromatic carbocycles. The summed E-state index contributed by atoms with van der Waals surface area (Å²) in [6.07, 6.45) is 0. The van der Waals surface area contributed by atoms with Crippen LogP contribution in [0.4, 0.5) is 0 Å². The molecular weight excluding hydrogens is 430 g/mol. The fourth-order valence-corrected chi connectivity index (χ4v) is 3.79. The minimum atomic E-state index is -0.602. The van der Waals surface area contributed by atoms with Crippen molar-refractivity contribution in [2.75, 3.05) is 6.61 Å². The SMILES string of the molecule is CCOC(=O)c1nc2sc(C)c(C)c2c(=O)[nH]1.Cl.NCc1ccc2[nH]c(=O)[nH]c2c1. The predicted molar refractivity (Wildman–Crippen MR) is 120 cm³/mol. The van der Waals surface area contributed by atoms with Crippen LogP contribution in [0.5, 0.6) is 0 Å². The average Bonchev–Trinajstić information content (AvgIpc) is 3.20. The van der Waals surface area contributed by atoms with Crippen LogP contribution in [-0.2, 0) is 11.3 Å². The van der Waals surface area contributed by atoms with E-state index in [1.165, 1.54) is 11.3 Å². The van der Waals surface area contributed by atoms with Crippen LogP contribution in [0.15, 0.2) is 27.8 Å². The van der Waals surface area contributed by atoms with Crippen molar-refractivity contribution in [2.45, 2.75) is 27.3 Å². The predicted octanol–water partition coefficient (Wildman–Crippen LogP) is 2.51. The van der Waals surface area contributed by atoms with E-state index in [-0.39, 0.29) is 36.1 Å². The highest BCUT2D eigenvalue weighted by Gasteiger charge is 2.16. The van der Waals surface area contributed by atoms with Crippen molar-refractivity contribution in [3.63, 3.8) is 0 Å². The Balaban J connectivity index is 0.000000218. The quantitative estimate of drug-likeness (QED) is 0.352. The normalized spacial score (nSPS) is 10.4. The second-order valence-electron chi connectivity index (χ2n) is 6.26. The topological polar surface area (TPSA) is 147 Å². The first kappa shape index (κ1) is 23.3. The Kier molecular flexibility index (Phi) is 7.54. The molecule has 0 unspecified atom stereocenters. The van der Waals surface area contributed by atoms with Crippen molar-refractivity contribution in [3.05, 3.63) is 60.9 Å². The second-order valence-corrected chi connectivity index (χ2v) is 7.46. The lowest BCUT2D eigenvalue weighted by Crippen LogP contribution is -2.17. The molecule has 0 spiro atoms. The number of hydrogen-bond donors (Lipinski definition) is 4. The molecule has 0 radical (unpaired) electrons. The Morgan fingerprint density at radius 1 is 1.17 bits per heavy atom. The van der Waals surface area contributed by atoms with E-state index < -0.39 is 5.97 Å². The van der Waals surface area contributed by atoms with Gasteiger partial charge in [0.2, 0.25) is 5.82 Å². The summed E-state index contributed by atoms with van der Waals surface area (Å²) in [6.45, 7) is 6.24. The van der Waals surface area contributed by atoms with Crippen molar-refractivity contribution in [3.8, 4) is 0 Å². The third-order valence-corrected chi connectivity index (χ3v) is 5.43. The molecular formula is C19H22ClN5O4S. The number of carbonyl (C=O) groups excluding carboxylic acids is 1. The maximum atomic E-state index is 11.8. The number of benzene rings is 1. The number of esters is 1. The first-order chi connectivity index (χ1) is 13.8. The van der Waals surface area contributed by atoms with Gasteiger partial charge in [-0.15, -0.1) is 23.7 Å². The highest BCUT2D eigenvalue weighted by molar-refractivity contribution is 7.18. The third kappa shape index (κ3) is 4.78. The summed E-state index contributed by atoms with van der Waals surface area (Å²) < 4.78 is 4.80. The smallest absolute Gasteiger partial charge is 0.374 e. The number of nitrogens with two attached hydrogens (primary N) is 1. The third-order valence-electron chi connectivity index (χ3n) is 4.32. The van der Waals surface area contributed by atoms with Gasteiger partial charge in [-0.3, -0.25) is 4.79 Å². The number of thiophene rings is 1. The Morgan fingerprint density at radius 2 is 1.87 bits per heavy atom. The number of imidazole rings is 1. The van der Waals surface area contributed by atoms with Gasteiger partial charge in [0.25, 0.3) is 5.56 Å². The van der Waals surface area contributed by atoms with Crippen molar-refractivity contribution in [1.82, 2.24) is 19.9 Å². The summed E-state index contributed by atoms with van der Waals surface area (Å²) in [7, 11) is 0. The number of halogens is 1. The van der Waals surface area contributed by atoms with Crippen LogP contribution in [0, 0.1) is 13.8 Å². The Morgan fingerprint density at radius 3 is 2.53 bits per heavy atom. The monoisotopic (exact) mass is 451 g/mol. The minimum absolute atomic E-state index is 0. The summed E-state index contributed by atoms with van der Waals surface area (Å²) in [4.78, 5) is 47.7. The number of H-pyrrole nitrogens is 3. The Bertz CT molecular complexity index is 1300. The largest absolute Gasteiger partial charge is 0.460 e. The minimum Gasteiger partial charge on any atom is -0.460 e. The molecule has 11 heteroatoms. The highest BCUT2D eigenvalue weighted by atomic mass is 35.5. The first-order valence-electron chi connectivity index (χ1n) is 8.92. The molecule has 4 aromatic rings. The van der Waals surface area contributed by atoms with Gasteiger partial charge in [-0.05, 0) is 44.0 Å². The summed E-state index contributed by atoms with van der Waals surface area (Å²) in [5.74, 6) is -0.638. The summed E-state index contributed by atoms with van der Waals surface area (Å²) in [5.41, 5.74) is 8.52. The van der Waals surface area contributed by atoms with E-state index in [0.29, 0.717) is 16.8 Å². The number of aromatic amines is 3. The average molecular weight is 452 g/mol. The molecule has 30 heavy (non-hydrogen) atoms. The second kappa shape index (κ2) is 9.70. The van der Waals surface area contributed by atoms with Gasteiger partial charge in [-0.2, -0.15) is 0 Å². The molecule has 160 valence electrons. The zero-order valence-corrected chi connectivity index (χ0v) is 18.3. The van der Waals surface area contributed by atoms with E-state index in [2.05, 4.69) is 19.9 Å². The Labute approximate surface area is 181 Å². The van der Waals surface area contributed by atoms with Gasteiger partial charge in [0, 0.05) is 11.4 Å². The standard InChI is InChI=1S/C11H12N2O3S.C8H9N3O.ClH/c1-4-16-11(15)8-12-9(14)7-5(2)6(3)17-10(7)13-8;9-4-5-1-2-6-7(3-5)11-8(12)10-6;/h4H2,1-3H3,(H,12,13,14);1-3H,4,9H2,(H2,10,11,12);1H. The number of hydrogen-bond acceptors (Lipinski definition) is 7. The molecule has 0 saturated heterocycles. The number of nitrogens with zero attached hydrogens (tertiary/aromatic N) is 1. The first-order valence-corrected chi connectivity index (χ1v) is 9.73. The van der Waals surface area contributed by atoms with Crippen LogP contribution in [-0.4, -0.2) is 32.5 Å². The van der Waals surface area contributed by atoms with Crippen LogP contribution in [0.1, 0.15) is 33.5 Å². The summed E-state index contributed by atoms with van der Waals surface area (Å²) in [5, 5.41) is 0.556.